The fourth-order valence-electron chi connectivity index (χ4n) is 4.54. The first-order valence-electron chi connectivity index (χ1n) is 10.2. The molecule has 5 heteroatoms. The summed E-state index contributed by atoms with van der Waals surface area (Å²) < 4.78 is 6.59. The predicted molar refractivity (Wildman–Crippen MR) is 114 cm³/mol. The zero-order valence-corrected chi connectivity index (χ0v) is 17.9. The van der Waals surface area contributed by atoms with Gasteiger partial charge in [0.25, 0.3) is 0 Å². The molecule has 1 amide bonds. The number of hydrogen-bond donors (Lipinski definition) is 0. The van der Waals surface area contributed by atoms with E-state index in [1.54, 1.807) is 4.90 Å². The smallest absolute Gasteiger partial charge is 0.222 e. The maximum absolute atomic E-state index is 12.4. The minimum Gasteiger partial charge on any atom is -0.487 e. The maximum Gasteiger partial charge on any atom is 0.222 e. The zero-order chi connectivity index (χ0) is 19.7. The van der Waals surface area contributed by atoms with Gasteiger partial charge in [0.05, 0.1) is 0 Å². The van der Waals surface area contributed by atoms with Gasteiger partial charge < -0.3 is 9.64 Å². The quantitative estimate of drug-likeness (QED) is 0.763. The molecule has 2 aromatic rings. The number of hydrogen-bond acceptors (Lipinski definition) is 4. The molecule has 4 rings (SSSR count). The van der Waals surface area contributed by atoms with E-state index in [9.17, 15) is 4.79 Å². The van der Waals surface area contributed by atoms with Gasteiger partial charge >= 0.3 is 0 Å². The standard InChI is InChI=1S/C23H30N2O2S/c1-17-8-9-19(28-17)16-25-12-10-23(11-13-25)15-18(14-22(26)24(2)3)20-6-4-5-7-21(20)27-23/h4-9,18H,10-16H2,1-3H3/t18-/m0/s1. The van der Waals surface area contributed by atoms with Crippen molar-refractivity contribution in [3.8, 4) is 5.75 Å². The van der Waals surface area contributed by atoms with Crippen molar-refractivity contribution in [1.29, 1.82) is 0 Å². The fraction of sp³-hybridized carbons (Fsp3) is 0.522. The van der Waals surface area contributed by atoms with Gasteiger partial charge in [-0.05, 0) is 49.9 Å². The van der Waals surface area contributed by atoms with Crippen molar-refractivity contribution in [3.05, 3.63) is 51.7 Å². The molecular weight excluding hydrogens is 368 g/mol. The number of amides is 1. The van der Waals surface area contributed by atoms with E-state index >= 15 is 0 Å². The van der Waals surface area contributed by atoms with Crippen LogP contribution in [0.4, 0.5) is 0 Å². The maximum atomic E-state index is 12.4. The lowest BCUT2D eigenvalue weighted by Crippen LogP contribution is -2.50. The summed E-state index contributed by atoms with van der Waals surface area (Å²) in [7, 11) is 3.68. The minimum atomic E-state index is -0.131. The Morgan fingerprint density at radius 1 is 1.21 bits per heavy atom. The van der Waals surface area contributed by atoms with Crippen molar-refractivity contribution in [2.24, 2.45) is 0 Å². The molecule has 28 heavy (non-hydrogen) atoms. The molecule has 0 radical (unpaired) electrons. The van der Waals surface area contributed by atoms with E-state index in [1.807, 2.05) is 31.5 Å². The van der Waals surface area contributed by atoms with Crippen LogP contribution in [0.15, 0.2) is 36.4 Å². The monoisotopic (exact) mass is 398 g/mol. The van der Waals surface area contributed by atoms with Gasteiger partial charge in [-0.1, -0.05) is 18.2 Å². The van der Waals surface area contributed by atoms with Gasteiger partial charge in [-0.25, -0.2) is 0 Å². The largest absolute Gasteiger partial charge is 0.487 e. The highest BCUT2D eigenvalue weighted by molar-refractivity contribution is 7.11. The molecule has 2 aliphatic heterocycles. The van der Waals surface area contributed by atoms with Crippen LogP contribution in [-0.4, -0.2) is 48.5 Å². The lowest BCUT2D eigenvalue weighted by atomic mass is 9.76. The number of piperidine rings is 1. The van der Waals surface area contributed by atoms with Gasteiger partial charge in [-0.3, -0.25) is 9.69 Å². The fourth-order valence-corrected chi connectivity index (χ4v) is 5.47. The lowest BCUT2D eigenvalue weighted by molar-refractivity contribution is -0.129. The Morgan fingerprint density at radius 3 is 2.64 bits per heavy atom. The number of likely N-dealkylation sites (tertiary alicyclic amines) is 1. The van der Waals surface area contributed by atoms with Gasteiger partial charge in [-0.2, -0.15) is 0 Å². The number of thiophene rings is 1. The van der Waals surface area contributed by atoms with Gasteiger partial charge in [-0.15, -0.1) is 11.3 Å². The summed E-state index contributed by atoms with van der Waals surface area (Å²) in [4.78, 5) is 19.5. The molecule has 2 aliphatic rings. The van der Waals surface area contributed by atoms with Crippen molar-refractivity contribution in [3.63, 3.8) is 0 Å². The highest BCUT2D eigenvalue weighted by atomic mass is 32.1. The van der Waals surface area contributed by atoms with Crippen LogP contribution >= 0.6 is 11.3 Å². The van der Waals surface area contributed by atoms with E-state index in [-0.39, 0.29) is 17.4 Å². The Kier molecular flexibility index (Phi) is 5.48. The van der Waals surface area contributed by atoms with Gasteiger partial charge in [0, 0.05) is 55.8 Å². The van der Waals surface area contributed by atoms with Crippen molar-refractivity contribution in [2.75, 3.05) is 27.2 Å². The molecule has 4 nitrogen and oxygen atoms in total. The third-order valence-corrected chi connectivity index (χ3v) is 7.15. The molecule has 1 aromatic heterocycles. The number of ether oxygens (including phenoxy) is 1. The Morgan fingerprint density at radius 2 is 1.96 bits per heavy atom. The summed E-state index contributed by atoms with van der Waals surface area (Å²) in [5.41, 5.74) is 1.06. The summed E-state index contributed by atoms with van der Waals surface area (Å²) in [6.07, 6.45) is 3.56. The second-order valence-corrected chi connectivity index (χ2v) is 9.88. The molecule has 1 aromatic carbocycles. The molecule has 150 valence electrons. The highest BCUT2D eigenvalue weighted by Crippen LogP contribution is 2.46. The van der Waals surface area contributed by atoms with Gasteiger partial charge in [0.15, 0.2) is 0 Å². The molecule has 0 bridgehead atoms. The normalized spacial score (nSPS) is 21.2. The third-order valence-electron chi connectivity index (χ3n) is 6.17. The molecule has 0 N–H and O–H groups in total. The summed E-state index contributed by atoms with van der Waals surface area (Å²) in [6, 6.07) is 12.8. The molecule has 3 heterocycles. The number of benzene rings is 1. The minimum absolute atomic E-state index is 0.131. The average Bonchev–Trinajstić information content (AvgIpc) is 3.08. The third kappa shape index (κ3) is 4.11. The second kappa shape index (κ2) is 7.88. The topological polar surface area (TPSA) is 32.8 Å². The van der Waals surface area contributed by atoms with E-state index in [0.29, 0.717) is 6.42 Å². The van der Waals surface area contributed by atoms with Crippen molar-refractivity contribution < 1.29 is 9.53 Å². The summed E-state index contributed by atoms with van der Waals surface area (Å²) >= 11 is 1.89. The van der Waals surface area contributed by atoms with Gasteiger partial charge in [0.2, 0.25) is 5.91 Å². The first-order chi connectivity index (χ1) is 13.4. The van der Waals surface area contributed by atoms with Gasteiger partial charge in [0.1, 0.15) is 11.4 Å². The SMILES string of the molecule is Cc1ccc(CN2CCC3(CC2)C[C@H](CC(=O)N(C)C)c2ccccc2O3)s1. The molecule has 1 atom stereocenters. The Labute approximate surface area is 172 Å². The number of fused-ring (bicyclic) bond motifs is 1. The van der Waals surface area contributed by atoms with Crippen molar-refractivity contribution in [2.45, 2.75) is 50.7 Å². The first kappa shape index (κ1) is 19.5. The lowest BCUT2D eigenvalue weighted by Gasteiger charge is -2.47. The van der Waals surface area contributed by atoms with E-state index in [4.69, 9.17) is 4.74 Å². The van der Waals surface area contributed by atoms with Crippen LogP contribution in [0, 0.1) is 6.92 Å². The molecule has 0 aliphatic carbocycles. The number of nitrogens with zero attached hydrogens (tertiary/aromatic N) is 2. The van der Waals surface area contributed by atoms with Crippen molar-refractivity contribution in [1.82, 2.24) is 9.80 Å². The van der Waals surface area contributed by atoms with Crippen LogP contribution in [0.5, 0.6) is 5.75 Å². The van der Waals surface area contributed by atoms with E-state index < -0.39 is 0 Å². The van der Waals surface area contributed by atoms with Crippen LogP contribution < -0.4 is 4.74 Å². The first-order valence-corrected chi connectivity index (χ1v) is 11.0. The Balaban J connectivity index is 1.47. The molecule has 0 unspecified atom stereocenters. The Hall–Kier alpha value is -1.85. The van der Waals surface area contributed by atoms with Crippen LogP contribution in [0.25, 0.3) is 0 Å². The summed E-state index contributed by atoms with van der Waals surface area (Å²) in [6.45, 7) is 5.30. The van der Waals surface area contributed by atoms with Crippen LogP contribution in [-0.2, 0) is 11.3 Å². The molecule has 0 saturated carbocycles. The summed E-state index contributed by atoms with van der Waals surface area (Å²) in [5, 5.41) is 0. The highest BCUT2D eigenvalue weighted by Gasteiger charge is 2.43. The Bertz CT molecular complexity index is 837. The summed E-state index contributed by atoms with van der Waals surface area (Å²) in [5.74, 6) is 1.42. The van der Waals surface area contributed by atoms with Crippen LogP contribution in [0.2, 0.25) is 0 Å². The molecule has 1 spiro atoms. The number of para-hydroxylation sites is 1. The molecule has 1 fully saturated rings. The number of rotatable bonds is 4. The van der Waals surface area contributed by atoms with Crippen LogP contribution in [0.3, 0.4) is 0 Å². The van der Waals surface area contributed by atoms with Crippen molar-refractivity contribution >= 4 is 17.2 Å². The molecular formula is C23H30N2O2S. The van der Waals surface area contributed by atoms with E-state index in [0.717, 1.165) is 44.6 Å². The predicted octanol–water partition coefficient (Wildman–Crippen LogP) is 4.44. The number of carbonyl (C=O) groups excluding carboxylic acids is 1. The zero-order valence-electron chi connectivity index (χ0n) is 17.1. The average molecular weight is 399 g/mol. The number of carbonyl (C=O) groups is 1. The second-order valence-electron chi connectivity index (χ2n) is 8.50. The van der Waals surface area contributed by atoms with Crippen LogP contribution in [0.1, 0.15) is 46.9 Å². The molecule has 1 saturated heterocycles. The van der Waals surface area contributed by atoms with E-state index in [1.165, 1.54) is 15.3 Å². The van der Waals surface area contributed by atoms with E-state index in [2.05, 4.69) is 42.2 Å². The number of aryl methyl sites for hydroxylation is 1.